The van der Waals surface area contributed by atoms with Crippen LogP contribution in [0.1, 0.15) is 24.8 Å². The fraction of sp³-hybridized carbons (Fsp3) is 0.387. The maximum atomic E-state index is 13.6. The number of oxime groups is 1. The van der Waals surface area contributed by atoms with Crippen molar-refractivity contribution in [1.82, 2.24) is 14.3 Å². The van der Waals surface area contributed by atoms with Gasteiger partial charge in [-0.05, 0) is 61.7 Å². The number of rotatable bonds is 12. The van der Waals surface area contributed by atoms with E-state index >= 15 is 0 Å². The van der Waals surface area contributed by atoms with Crippen LogP contribution in [-0.2, 0) is 24.8 Å². The topological polar surface area (TPSA) is 193 Å². The van der Waals surface area contributed by atoms with Crippen molar-refractivity contribution in [1.29, 1.82) is 0 Å². The van der Waals surface area contributed by atoms with Crippen LogP contribution in [0.15, 0.2) is 87.7 Å². The van der Waals surface area contributed by atoms with Crippen LogP contribution in [0.4, 0.5) is 0 Å². The number of aliphatic hydroxyl groups excluding tert-OH is 1. The molecule has 3 aromatic rings. The molecule has 2 fully saturated rings. The number of piperidine rings is 1. The summed E-state index contributed by atoms with van der Waals surface area (Å²) >= 11 is 0. The summed E-state index contributed by atoms with van der Waals surface area (Å²) in [5.74, 6) is 0.327. The van der Waals surface area contributed by atoms with Gasteiger partial charge in [0.15, 0.2) is 5.84 Å². The Labute approximate surface area is 269 Å². The molecule has 2 aliphatic heterocycles. The molecule has 3 aromatic carbocycles. The van der Waals surface area contributed by atoms with Gasteiger partial charge in [-0.1, -0.05) is 47.6 Å². The zero-order chi connectivity index (χ0) is 33.0. The summed E-state index contributed by atoms with van der Waals surface area (Å²) in [5, 5.41) is 25.7. The van der Waals surface area contributed by atoms with E-state index in [1.807, 2.05) is 6.07 Å². The van der Waals surface area contributed by atoms with Gasteiger partial charge < -0.3 is 30.8 Å². The molecule has 0 saturated carbocycles. The average Bonchev–Trinajstić information content (AvgIpc) is 3.48. The first-order chi connectivity index (χ1) is 21.9. The molecular formula is C31H39N5O8S2. The Bertz CT molecular complexity index is 1760. The van der Waals surface area contributed by atoms with Crippen molar-refractivity contribution < 1.29 is 36.6 Å². The number of sulfonamides is 2. The van der Waals surface area contributed by atoms with E-state index in [-0.39, 0.29) is 34.8 Å². The van der Waals surface area contributed by atoms with E-state index in [0.29, 0.717) is 50.3 Å². The van der Waals surface area contributed by atoms with Crippen LogP contribution in [0.3, 0.4) is 0 Å². The minimum atomic E-state index is -3.73. The zero-order valence-electron chi connectivity index (χ0n) is 25.4. The predicted octanol–water partition coefficient (Wildman–Crippen LogP) is 1.70. The van der Waals surface area contributed by atoms with Crippen molar-refractivity contribution >= 4 is 25.9 Å². The molecule has 1 spiro atoms. The summed E-state index contributed by atoms with van der Waals surface area (Å²) in [6.07, 6.45) is 0.956. The van der Waals surface area contributed by atoms with Crippen molar-refractivity contribution in [3.05, 3.63) is 78.4 Å². The van der Waals surface area contributed by atoms with E-state index in [1.165, 1.54) is 23.5 Å². The molecule has 2 saturated heterocycles. The largest absolute Gasteiger partial charge is 0.491 e. The molecule has 15 heteroatoms. The number of hydrogen-bond acceptors (Lipinski definition) is 10. The standard InChI is InChI=1S/C31H39N5O8S2/c1-33-45(39,40)28-6-3-5-27(17-28)43-21-26(37)19-34-25-18-31(44-20-25)12-14-36(15-13-31)46(41,42)29-7-2-4-24(16-29)22-8-10-23(11-9-22)30(32)35-38/h2-11,16-17,25-26,33-34,37-38H,12-15,18-21H2,1H3,(H2,32,35). The second-order valence-corrected chi connectivity index (χ2v) is 15.3. The summed E-state index contributed by atoms with van der Waals surface area (Å²) in [6, 6.07) is 19.8. The highest BCUT2D eigenvalue weighted by atomic mass is 32.2. The molecule has 13 nitrogen and oxygen atoms in total. The molecule has 0 amide bonds. The summed E-state index contributed by atoms with van der Waals surface area (Å²) in [7, 11) is -6.01. The van der Waals surface area contributed by atoms with Crippen molar-refractivity contribution in [3.8, 4) is 16.9 Å². The SMILES string of the molecule is CNS(=O)(=O)c1cccc(OCC(O)CNC2COC3(CCN(S(=O)(=O)c4cccc(-c5ccc(/C(N)=N/O)cc5)c4)CC3)C2)c1. The van der Waals surface area contributed by atoms with Crippen LogP contribution in [-0.4, -0.2) is 94.9 Å². The average molecular weight is 674 g/mol. The van der Waals surface area contributed by atoms with Crippen LogP contribution in [0, 0.1) is 0 Å². The number of nitrogens with zero attached hydrogens (tertiary/aromatic N) is 2. The maximum absolute atomic E-state index is 13.6. The lowest BCUT2D eigenvalue weighted by Gasteiger charge is -2.38. The summed E-state index contributed by atoms with van der Waals surface area (Å²) < 4.78 is 66.8. The second kappa shape index (κ2) is 14.0. The van der Waals surface area contributed by atoms with E-state index in [1.54, 1.807) is 54.6 Å². The fourth-order valence-corrected chi connectivity index (χ4v) is 7.99. The number of aliphatic hydroxyl groups is 1. The number of benzene rings is 3. The summed E-state index contributed by atoms with van der Waals surface area (Å²) in [4.78, 5) is 0.282. The zero-order valence-corrected chi connectivity index (χ0v) is 27.0. The van der Waals surface area contributed by atoms with Crippen molar-refractivity contribution in [2.24, 2.45) is 10.9 Å². The normalized spacial score (nSPS) is 19.7. The van der Waals surface area contributed by atoms with Crippen LogP contribution in [0.5, 0.6) is 5.75 Å². The molecule has 5 rings (SSSR count). The van der Waals surface area contributed by atoms with E-state index in [9.17, 15) is 21.9 Å². The maximum Gasteiger partial charge on any atom is 0.243 e. The van der Waals surface area contributed by atoms with Crippen molar-refractivity contribution in [3.63, 3.8) is 0 Å². The predicted molar refractivity (Wildman–Crippen MR) is 172 cm³/mol. The second-order valence-electron chi connectivity index (χ2n) is 11.4. The molecule has 2 heterocycles. The number of nitrogens with one attached hydrogen (secondary N) is 2. The Morgan fingerprint density at radius 1 is 1.04 bits per heavy atom. The van der Waals surface area contributed by atoms with Gasteiger partial charge in [-0.2, -0.15) is 4.31 Å². The molecule has 6 N–H and O–H groups in total. The fourth-order valence-electron chi connectivity index (χ4n) is 5.74. The van der Waals surface area contributed by atoms with Gasteiger partial charge in [0.05, 0.1) is 22.0 Å². The number of nitrogens with two attached hydrogens (primary N) is 1. The highest BCUT2D eigenvalue weighted by molar-refractivity contribution is 7.89. The third-order valence-electron chi connectivity index (χ3n) is 8.41. The van der Waals surface area contributed by atoms with Gasteiger partial charge in [0.2, 0.25) is 20.0 Å². The minimum absolute atomic E-state index is 0.00759. The Morgan fingerprint density at radius 3 is 2.43 bits per heavy atom. The molecule has 2 unspecified atom stereocenters. The third-order valence-corrected chi connectivity index (χ3v) is 11.7. The quantitative estimate of drug-likeness (QED) is 0.0818. The smallest absolute Gasteiger partial charge is 0.243 e. The van der Waals surface area contributed by atoms with Gasteiger partial charge in [-0.3, -0.25) is 0 Å². The van der Waals surface area contributed by atoms with Gasteiger partial charge >= 0.3 is 0 Å². The van der Waals surface area contributed by atoms with Gasteiger partial charge in [0.25, 0.3) is 0 Å². The van der Waals surface area contributed by atoms with E-state index in [4.69, 9.17) is 20.4 Å². The summed E-state index contributed by atoms with van der Waals surface area (Å²) in [6.45, 7) is 1.32. The number of hydrogen-bond donors (Lipinski definition) is 5. The minimum Gasteiger partial charge on any atom is -0.491 e. The molecule has 248 valence electrons. The van der Waals surface area contributed by atoms with Gasteiger partial charge in [0, 0.05) is 37.3 Å². The lowest BCUT2D eigenvalue weighted by molar-refractivity contribution is -0.0312. The lowest BCUT2D eigenvalue weighted by atomic mass is 9.88. The summed E-state index contributed by atoms with van der Waals surface area (Å²) in [5.41, 5.74) is 7.29. The van der Waals surface area contributed by atoms with Crippen molar-refractivity contribution in [2.75, 3.05) is 39.9 Å². The Morgan fingerprint density at radius 2 is 1.74 bits per heavy atom. The van der Waals surface area contributed by atoms with E-state index in [2.05, 4.69) is 15.2 Å². The van der Waals surface area contributed by atoms with Gasteiger partial charge in [-0.15, -0.1) is 0 Å². The molecular weight excluding hydrogens is 635 g/mol. The molecule has 0 bridgehead atoms. The first-order valence-corrected chi connectivity index (χ1v) is 17.8. The molecule has 0 aliphatic carbocycles. The van der Waals surface area contributed by atoms with Crippen molar-refractivity contribution in [2.45, 2.75) is 46.8 Å². The van der Waals surface area contributed by atoms with E-state index < -0.39 is 31.8 Å². The van der Waals surface area contributed by atoms with Gasteiger partial charge in [0.1, 0.15) is 18.5 Å². The van der Waals surface area contributed by atoms with Crippen LogP contribution in [0.2, 0.25) is 0 Å². The lowest BCUT2D eigenvalue weighted by Crippen LogP contribution is -2.47. The van der Waals surface area contributed by atoms with Crippen LogP contribution < -0.4 is 20.5 Å². The Hall–Kier alpha value is -3.57. The van der Waals surface area contributed by atoms with Gasteiger partial charge in [-0.25, -0.2) is 21.6 Å². The third kappa shape index (κ3) is 7.69. The molecule has 0 radical (unpaired) electrons. The number of amidine groups is 1. The highest BCUT2D eigenvalue weighted by Gasteiger charge is 2.44. The monoisotopic (exact) mass is 673 g/mol. The first kappa shape index (κ1) is 33.8. The molecule has 0 aromatic heterocycles. The molecule has 46 heavy (non-hydrogen) atoms. The molecule has 2 aliphatic rings. The van der Waals surface area contributed by atoms with Crippen LogP contribution in [0.25, 0.3) is 11.1 Å². The Balaban J connectivity index is 1.11. The van der Waals surface area contributed by atoms with E-state index in [0.717, 1.165) is 11.1 Å². The Kier molecular flexibility index (Phi) is 10.3. The highest BCUT2D eigenvalue weighted by Crippen LogP contribution is 2.37. The number of ether oxygens (including phenoxy) is 2. The molecule has 2 atom stereocenters. The first-order valence-electron chi connectivity index (χ1n) is 14.9. The van der Waals surface area contributed by atoms with Crippen LogP contribution >= 0.6 is 0 Å².